The zero-order valence-corrected chi connectivity index (χ0v) is 15.8. The van der Waals surface area contributed by atoms with E-state index >= 15 is 0 Å². The van der Waals surface area contributed by atoms with Gasteiger partial charge in [0, 0.05) is 31.0 Å². The first kappa shape index (κ1) is 17.6. The van der Waals surface area contributed by atoms with E-state index in [0.29, 0.717) is 13.0 Å². The van der Waals surface area contributed by atoms with E-state index in [4.69, 9.17) is 0 Å². The van der Waals surface area contributed by atoms with Crippen LogP contribution in [0.5, 0.6) is 0 Å². The summed E-state index contributed by atoms with van der Waals surface area (Å²) in [6, 6.07) is 12.9. The predicted octanol–water partition coefficient (Wildman–Crippen LogP) is 3.04. The Bertz CT molecular complexity index is 1140. The van der Waals surface area contributed by atoms with Crippen molar-refractivity contribution in [1.29, 1.82) is 0 Å². The van der Waals surface area contributed by atoms with E-state index in [-0.39, 0.29) is 11.5 Å². The SMILES string of the molecule is Cn1cc(C2N(C(=O)c3ccccc3F)CCC23C(=O)Nc2ccccc23)cn1. The van der Waals surface area contributed by atoms with E-state index in [2.05, 4.69) is 10.4 Å². The van der Waals surface area contributed by atoms with Gasteiger partial charge in [0.1, 0.15) is 11.2 Å². The molecule has 1 spiro atoms. The van der Waals surface area contributed by atoms with Crippen molar-refractivity contribution in [3.63, 3.8) is 0 Å². The van der Waals surface area contributed by atoms with Gasteiger partial charge in [-0.05, 0) is 30.2 Å². The lowest BCUT2D eigenvalue weighted by molar-refractivity contribution is -0.121. The fourth-order valence-electron chi connectivity index (χ4n) is 4.74. The van der Waals surface area contributed by atoms with E-state index in [0.717, 1.165) is 16.8 Å². The Labute approximate surface area is 166 Å². The van der Waals surface area contributed by atoms with Crippen molar-refractivity contribution in [2.45, 2.75) is 17.9 Å². The minimum absolute atomic E-state index is 0.00475. The average Bonchev–Trinajstić information content (AvgIpc) is 3.39. The molecule has 2 aliphatic heterocycles. The minimum atomic E-state index is -0.930. The van der Waals surface area contributed by atoms with Gasteiger partial charge in [0.05, 0.1) is 17.8 Å². The summed E-state index contributed by atoms with van der Waals surface area (Å²) in [5.74, 6) is -1.14. The summed E-state index contributed by atoms with van der Waals surface area (Å²) >= 11 is 0. The second-order valence-electron chi connectivity index (χ2n) is 7.55. The zero-order valence-electron chi connectivity index (χ0n) is 15.8. The Morgan fingerprint density at radius 2 is 1.97 bits per heavy atom. The Morgan fingerprint density at radius 3 is 2.72 bits per heavy atom. The highest BCUT2D eigenvalue weighted by Crippen LogP contribution is 2.54. The highest BCUT2D eigenvalue weighted by molar-refractivity contribution is 6.08. The summed E-state index contributed by atoms with van der Waals surface area (Å²) in [6.45, 7) is 0.342. The molecule has 2 atom stereocenters. The number of halogens is 1. The van der Waals surface area contributed by atoms with Crippen LogP contribution in [0.2, 0.25) is 0 Å². The molecular formula is C22H19FN4O2. The Kier molecular flexibility index (Phi) is 3.81. The van der Waals surface area contributed by atoms with Gasteiger partial charge >= 0.3 is 0 Å². The zero-order chi connectivity index (χ0) is 20.2. The van der Waals surface area contributed by atoms with Gasteiger partial charge in [0.25, 0.3) is 5.91 Å². The second-order valence-corrected chi connectivity index (χ2v) is 7.55. The van der Waals surface area contributed by atoms with Crippen molar-refractivity contribution in [2.24, 2.45) is 7.05 Å². The molecule has 5 rings (SSSR count). The van der Waals surface area contributed by atoms with E-state index in [9.17, 15) is 14.0 Å². The third-order valence-corrected chi connectivity index (χ3v) is 5.99. The molecule has 7 heteroatoms. The first-order chi connectivity index (χ1) is 14.0. The van der Waals surface area contributed by atoms with Crippen LogP contribution in [-0.4, -0.2) is 33.0 Å². The Morgan fingerprint density at radius 1 is 1.21 bits per heavy atom. The minimum Gasteiger partial charge on any atom is -0.330 e. The quantitative estimate of drug-likeness (QED) is 0.731. The van der Waals surface area contributed by atoms with Crippen LogP contribution in [0.1, 0.15) is 33.9 Å². The van der Waals surface area contributed by atoms with Crippen molar-refractivity contribution in [3.8, 4) is 0 Å². The summed E-state index contributed by atoms with van der Waals surface area (Å²) in [6.07, 6.45) is 3.94. The number of aromatic nitrogens is 2. The van der Waals surface area contributed by atoms with Crippen LogP contribution < -0.4 is 5.32 Å². The number of carbonyl (C=O) groups excluding carboxylic acids is 2. The smallest absolute Gasteiger partial charge is 0.257 e. The summed E-state index contributed by atoms with van der Waals surface area (Å²) in [5.41, 5.74) is 1.45. The molecule has 2 aromatic carbocycles. The number of rotatable bonds is 2. The van der Waals surface area contributed by atoms with Crippen LogP contribution in [-0.2, 0) is 17.3 Å². The number of hydrogen-bond donors (Lipinski definition) is 1. The second kappa shape index (κ2) is 6.27. The first-order valence-corrected chi connectivity index (χ1v) is 9.47. The summed E-state index contributed by atoms with van der Waals surface area (Å²) in [7, 11) is 1.79. The van der Waals surface area contributed by atoms with Gasteiger partial charge < -0.3 is 10.2 Å². The fourth-order valence-corrected chi connectivity index (χ4v) is 4.74. The van der Waals surface area contributed by atoms with Gasteiger partial charge in [-0.2, -0.15) is 5.10 Å². The lowest BCUT2D eigenvalue weighted by atomic mass is 9.73. The highest BCUT2D eigenvalue weighted by Gasteiger charge is 2.59. The molecule has 2 unspecified atom stereocenters. The third-order valence-electron chi connectivity index (χ3n) is 5.99. The molecule has 0 aliphatic carbocycles. The van der Waals surface area contributed by atoms with Crippen LogP contribution in [0.25, 0.3) is 0 Å². The number of carbonyl (C=O) groups is 2. The van der Waals surface area contributed by atoms with E-state index in [1.807, 2.05) is 30.5 Å². The van der Waals surface area contributed by atoms with Crippen molar-refractivity contribution >= 4 is 17.5 Å². The van der Waals surface area contributed by atoms with Gasteiger partial charge in [-0.15, -0.1) is 0 Å². The number of anilines is 1. The molecule has 0 saturated carbocycles. The molecule has 0 bridgehead atoms. The number of amides is 2. The molecule has 1 aromatic heterocycles. The summed E-state index contributed by atoms with van der Waals surface area (Å²) in [5, 5.41) is 7.22. The lowest BCUT2D eigenvalue weighted by Gasteiger charge is -2.33. The number of likely N-dealkylation sites (tertiary alicyclic amines) is 1. The largest absolute Gasteiger partial charge is 0.330 e. The van der Waals surface area contributed by atoms with Crippen molar-refractivity contribution < 1.29 is 14.0 Å². The molecule has 2 amide bonds. The standard InChI is InChI=1S/C22H19FN4O2/c1-26-13-14(12-24-26)19-22(16-7-3-5-9-18(16)25-21(22)29)10-11-27(19)20(28)15-6-2-4-8-17(15)23/h2-9,12-13,19H,10-11H2,1H3,(H,25,29). The van der Waals surface area contributed by atoms with Crippen LogP contribution in [0.15, 0.2) is 60.9 Å². The monoisotopic (exact) mass is 390 g/mol. The van der Waals surface area contributed by atoms with Crippen LogP contribution in [0.3, 0.4) is 0 Å². The topological polar surface area (TPSA) is 67.2 Å². The fraction of sp³-hybridized carbons (Fsp3) is 0.227. The molecule has 1 saturated heterocycles. The number of hydrogen-bond acceptors (Lipinski definition) is 3. The number of nitrogens with zero attached hydrogens (tertiary/aromatic N) is 3. The van der Waals surface area contributed by atoms with Gasteiger partial charge in [-0.1, -0.05) is 30.3 Å². The summed E-state index contributed by atoms with van der Waals surface area (Å²) < 4.78 is 16.0. The van der Waals surface area contributed by atoms with Crippen molar-refractivity contribution in [1.82, 2.24) is 14.7 Å². The van der Waals surface area contributed by atoms with Crippen molar-refractivity contribution in [3.05, 3.63) is 83.4 Å². The third kappa shape index (κ3) is 2.43. The number of fused-ring (bicyclic) bond motifs is 2. The first-order valence-electron chi connectivity index (χ1n) is 9.47. The molecule has 146 valence electrons. The van der Waals surface area contributed by atoms with Gasteiger partial charge in [-0.25, -0.2) is 4.39 Å². The highest BCUT2D eigenvalue weighted by atomic mass is 19.1. The molecule has 1 fully saturated rings. The molecule has 3 heterocycles. The van der Waals surface area contributed by atoms with E-state index < -0.39 is 23.2 Å². The molecule has 1 N–H and O–H groups in total. The molecule has 29 heavy (non-hydrogen) atoms. The van der Waals surface area contributed by atoms with Crippen molar-refractivity contribution in [2.75, 3.05) is 11.9 Å². The predicted molar refractivity (Wildman–Crippen MR) is 105 cm³/mol. The van der Waals surface area contributed by atoms with Gasteiger partial charge in [0.2, 0.25) is 5.91 Å². The molecule has 3 aromatic rings. The van der Waals surface area contributed by atoms with Crippen LogP contribution in [0, 0.1) is 5.82 Å². The van der Waals surface area contributed by atoms with Crippen LogP contribution in [0.4, 0.5) is 10.1 Å². The van der Waals surface area contributed by atoms with E-state index in [1.54, 1.807) is 35.0 Å². The van der Waals surface area contributed by atoms with Gasteiger partial charge in [-0.3, -0.25) is 14.3 Å². The number of aryl methyl sites for hydroxylation is 1. The van der Waals surface area contributed by atoms with Gasteiger partial charge in [0.15, 0.2) is 0 Å². The Balaban J connectivity index is 1.68. The molecule has 0 radical (unpaired) electrons. The lowest BCUT2D eigenvalue weighted by Crippen LogP contribution is -2.42. The average molecular weight is 390 g/mol. The maximum Gasteiger partial charge on any atom is 0.257 e. The molecular weight excluding hydrogens is 371 g/mol. The number of nitrogens with one attached hydrogen (secondary N) is 1. The molecule has 6 nitrogen and oxygen atoms in total. The molecule has 2 aliphatic rings. The van der Waals surface area contributed by atoms with E-state index in [1.165, 1.54) is 12.1 Å². The number of benzene rings is 2. The normalized spacial score (nSPS) is 22.8. The Hall–Kier alpha value is -3.48. The maximum absolute atomic E-state index is 14.4. The summed E-state index contributed by atoms with van der Waals surface area (Å²) in [4.78, 5) is 28.2. The maximum atomic E-state index is 14.4. The number of para-hydroxylation sites is 1. The van der Waals surface area contributed by atoms with Crippen LogP contribution >= 0.6 is 0 Å².